The van der Waals surface area contributed by atoms with E-state index in [0.29, 0.717) is 5.30 Å². The summed E-state index contributed by atoms with van der Waals surface area (Å²) < 4.78 is 22.3. The Balaban J connectivity index is 3.00. The summed E-state index contributed by atoms with van der Waals surface area (Å²) in [4.78, 5) is 11.7. The van der Waals surface area contributed by atoms with Gasteiger partial charge in [0, 0.05) is 7.11 Å². The fraction of sp³-hybridized carbons (Fsp3) is 0.417. The summed E-state index contributed by atoms with van der Waals surface area (Å²) >= 11 is 0. The molecule has 0 aliphatic carbocycles. The van der Waals surface area contributed by atoms with Gasteiger partial charge in [0.25, 0.3) is 0 Å². The molecule has 0 saturated heterocycles. The summed E-state index contributed by atoms with van der Waals surface area (Å²) in [7, 11) is -2.29. The quantitative estimate of drug-likeness (QED) is 0.780. The van der Waals surface area contributed by atoms with Crippen LogP contribution in [0.3, 0.4) is 0 Å². The van der Waals surface area contributed by atoms with E-state index < -0.39 is 19.0 Å². The minimum atomic E-state index is -3.55. The second-order valence-corrected chi connectivity index (χ2v) is 6.70. The molecule has 0 aliphatic rings. The third-order valence-corrected chi connectivity index (χ3v) is 3.95. The molecule has 1 unspecified atom stereocenters. The minimum Gasteiger partial charge on any atom is -0.388 e. The molecule has 0 heterocycles. The van der Waals surface area contributed by atoms with Crippen molar-refractivity contribution in [3.8, 4) is 0 Å². The van der Waals surface area contributed by atoms with Gasteiger partial charge in [-0.3, -0.25) is 9.32 Å². The molecule has 0 bridgehead atoms. The van der Waals surface area contributed by atoms with Crippen LogP contribution in [-0.2, 0) is 18.4 Å². The molecule has 1 rings (SSSR count). The van der Waals surface area contributed by atoms with Crippen molar-refractivity contribution < 1.29 is 18.4 Å². The van der Waals surface area contributed by atoms with Crippen molar-refractivity contribution in [2.24, 2.45) is 5.41 Å². The summed E-state index contributed by atoms with van der Waals surface area (Å²) in [6.07, 6.45) is 0. The molecule has 1 atom stereocenters. The molecule has 0 amide bonds. The van der Waals surface area contributed by atoms with Crippen molar-refractivity contribution in [1.29, 1.82) is 0 Å². The van der Waals surface area contributed by atoms with Gasteiger partial charge in [0.1, 0.15) is 0 Å². The van der Waals surface area contributed by atoms with Crippen LogP contribution in [-0.4, -0.2) is 13.1 Å². The number of carbonyl (C=O) groups excluding carboxylic acids is 1. The highest BCUT2D eigenvalue weighted by atomic mass is 31.2. The van der Waals surface area contributed by atoms with E-state index in [1.807, 2.05) is 0 Å². The summed E-state index contributed by atoms with van der Waals surface area (Å²) in [6, 6.07) is 8.44. The fourth-order valence-corrected chi connectivity index (χ4v) is 2.47. The van der Waals surface area contributed by atoms with Gasteiger partial charge in [0.05, 0.1) is 10.7 Å². The molecule has 0 aromatic heterocycles. The van der Waals surface area contributed by atoms with Crippen molar-refractivity contribution in [3.05, 3.63) is 30.3 Å². The van der Waals surface area contributed by atoms with Crippen LogP contribution in [0.25, 0.3) is 0 Å². The molecule has 0 aliphatic heterocycles. The van der Waals surface area contributed by atoms with Gasteiger partial charge in [-0.25, -0.2) is 4.57 Å². The minimum absolute atomic E-state index is 0.375. The number of rotatable bonds is 3. The number of hydrogen-bond acceptors (Lipinski definition) is 4. The second kappa shape index (κ2) is 5.03. The fourth-order valence-electron chi connectivity index (χ4n) is 1.05. The number of carbonyl (C=O) groups is 1. The van der Waals surface area contributed by atoms with Gasteiger partial charge in [0.15, 0.2) is 0 Å². The van der Waals surface area contributed by atoms with Crippen LogP contribution in [0.15, 0.2) is 30.3 Å². The van der Waals surface area contributed by atoms with Crippen molar-refractivity contribution >= 4 is 18.9 Å². The maximum Gasteiger partial charge on any atom is 0.412 e. The first kappa shape index (κ1) is 13.9. The number of benzene rings is 1. The Hall–Kier alpha value is -1.12. The molecule has 0 radical (unpaired) electrons. The van der Waals surface area contributed by atoms with Crippen LogP contribution in [0.4, 0.5) is 0 Å². The zero-order valence-electron chi connectivity index (χ0n) is 10.5. The van der Waals surface area contributed by atoms with Gasteiger partial charge in [-0.2, -0.15) is 0 Å². The van der Waals surface area contributed by atoms with E-state index in [0.717, 1.165) is 0 Å². The summed E-state index contributed by atoms with van der Waals surface area (Å²) in [5, 5.41) is 0.375. The normalized spacial score (nSPS) is 15.1. The third kappa shape index (κ3) is 3.42. The highest BCUT2D eigenvalue weighted by molar-refractivity contribution is 7.62. The Kier molecular flexibility index (Phi) is 4.12. The van der Waals surface area contributed by atoms with E-state index >= 15 is 0 Å². The maximum absolute atomic E-state index is 12.4. The predicted molar refractivity (Wildman–Crippen MR) is 66.2 cm³/mol. The highest BCUT2D eigenvalue weighted by Gasteiger charge is 2.34. The Bertz CT molecular complexity index is 434. The van der Waals surface area contributed by atoms with Crippen LogP contribution in [0.5, 0.6) is 0 Å². The first-order valence-electron chi connectivity index (χ1n) is 5.25. The predicted octanol–water partition coefficient (Wildman–Crippen LogP) is 2.74. The number of hydrogen-bond donors (Lipinski definition) is 0. The second-order valence-electron chi connectivity index (χ2n) is 4.64. The molecule has 17 heavy (non-hydrogen) atoms. The zero-order chi connectivity index (χ0) is 13.1. The standard InChI is InChI=1S/C12H17O4P/c1-12(2,3)11(13)16-17(14,15-4)10-8-6-5-7-9-10/h5-9H,1-4H3. The van der Waals surface area contributed by atoms with Gasteiger partial charge in [0.2, 0.25) is 0 Å². The van der Waals surface area contributed by atoms with Gasteiger partial charge >= 0.3 is 13.6 Å². The largest absolute Gasteiger partial charge is 0.412 e. The lowest BCUT2D eigenvalue weighted by Crippen LogP contribution is -2.24. The monoisotopic (exact) mass is 256 g/mol. The van der Waals surface area contributed by atoms with Crippen LogP contribution >= 0.6 is 7.60 Å². The summed E-state index contributed by atoms with van der Waals surface area (Å²) in [5.41, 5.74) is -0.719. The van der Waals surface area contributed by atoms with Gasteiger partial charge in [-0.05, 0) is 32.9 Å². The molecule has 1 aromatic carbocycles. The highest BCUT2D eigenvalue weighted by Crippen LogP contribution is 2.47. The molecular formula is C12H17O4P. The molecule has 0 saturated carbocycles. The van der Waals surface area contributed by atoms with Gasteiger partial charge in [-0.15, -0.1) is 0 Å². The van der Waals surface area contributed by atoms with Crippen molar-refractivity contribution in [1.82, 2.24) is 0 Å². The smallest absolute Gasteiger partial charge is 0.388 e. The lowest BCUT2D eigenvalue weighted by atomic mass is 9.98. The first-order valence-corrected chi connectivity index (χ1v) is 6.79. The Morgan fingerprint density at radius 2 is 1.71 bits per heavy atom. The molecule has 0 fully saturated rings. The Labute approximate surface area is 101 Å². The Morgan fingerprint density at radius 3 is 2.12 bits per heavy atom. The van der Waals surface area contributed by atoms with Crippen LogP contribution < -0.4 is 5.30 Å². The van der Waals surface area contributed by atoms with E-state index in [9.17, 15) is 9.36 Å². The maximum atomic E-state index is 12.4. The molecule has 4 nitrogen and oxygen atoms in total. The van der Waals surface area contributed by atoms with E-state index in [4.69, 9.17) is 9.05 Å². The molecular weight excluding hydrogens is 239 g/mol. The molecule has 0 N–H and O–H groups in total. The average molecular weight is 256 g/mol. The van der Waals surface area contributed by atoms with E-state index in [-0.39, 0.29) is 0 Å². The third-order valence-electron chi connectivity index (χ3n) is 2.13. The lowest BCUT2D eigenvalue weighted by molar-refractivity contribution is -0.143. The van der Waals surface area contributed by atoms with Gasteiger partial charge in [-0.1, -0.05) is 18.2 Å². The van der Waals surface area contributed by atoms with E-state index in [2.05, 4.69) is 0 Å². The molecule has 0 spiro atoms. The average Bonchev–Trinajstić information content (AvgIpc) is 2.28. The summed E-state index contributed by atoms with van der Waals surface area (Å²) in [6.45, 7) is 5.08. The van der Waals surface area contributed by atoms with Crippen LogP contribution in [0.1, 0.15) is 20.8 Å². The Morgan fingerprint density at radius 1 is 1.18 bits per heavy atom. The van der Waals surface area contributed by atoms with Crippen molar-refractivity contribution in [2.75, 3.05) is 7.11 Å². The topological polar surface area (TPSA) is 52.6 Å². The van der Waals surface area contributed by atoms with E-state index in [1.165, 1.54) is 7.11 Å². The summed E-state index contributed by atoms with van der Waals surface area (Å²) in [5.74, 6) is -0.550. The first-order chi connectivity index (χ1) is 7.79. The van der Waals surface area contributed by atoms with Crippen molar-refractivity contribution in [2.45, 2.75) is 20.8 Å². The molecule has 94 valence electrons. The zero-order valence-corrected chi connectivity index (χ0v) is 11.4. The van der Waals surface area contributed by atoms with Crippen LogP contribution in [0.2, 0.25) is 0 Å². The SMILES string of the molecule is COP(=O)(OC(=O)C(C)(C)C)c1ccccc1. The molecule has 1 aromatic rings. The molecule has 5 heteroatoms. The van der Waals surface area contributed by atoms with Crippen molar-refractivity contribution in [3.63, 3.8) is 0 Å². The van der Waals surface area contributed by atoms with E-state index in [1.54, 1.807) is 51.1 Å². The van der Waals surface area contributed by atoms with Crippen LogP contribution in [0, 0.1) is 5.41 Å². The van der Waals surface area contributed by atoms with Gasteiger partial charge < -0.3 is 4.52 Å². The lowest BCUT2D eigenvalue weighted by Gasteiger charge is -2.21.